The lowest BCUT2D eigenvalue weighted by atomic mass is 10.1. The van der Waals surface area contributed by atoms with Gasteiger partial charge in [-0.15, -0.1) is 0 Å². The molecular weight excluding hydrogens is 464 g/mol. The molecule has 11 heteroatoms. The Bertz CT molecular complexity index is 1100. The lowest BCUT2D eigenvalue weighted by Crippen LogP contribution is -2.40. The van der Waals surface area contributed by atoms with E-state index in [0.717, 1.165) is 5.56 Å². The molecule has 0 aliphatic carbocycles. The van der Waals surface area contributed by atoms with Crippen LogP contribution in [0, 0.1) is 0 Å². The number of methoxy groups -OCH3 is 2. The van der Waals surface area contributed by atoms with Crippen molar-refractivity contribution >= 4 is 21.9 Å². The fraction of sp³-hybridized carbons (Fsp3) is 0.391. The van der Waals surface area contributed by atoms with Crippen LogP contribution >= 0.6 is 0 Å². The molecule has 0 radical (unpaired) electrons. The molecule has 1 saturated heterocycles. The van der Waals surface area contributed by atoms with Gasteiger partial charge in [-0.05, 0) is 48.4 Å². The normalized spacial score (nSPS) is 14.3. The molecular formula is C23H28N2O8S. The number of carbonyl (C=O) groups is 2. The number of amides is 1. The Morgan fingerprint density at radius 3 is 2.32 bits per heavy atom. The molecule has 10 nitrogen and oxygen atoms in total. The summed E-state index contributed by atoms with van der Waals surface area (Å²) in [5, 5.41) is 2.69. The van der Waals surface area contributed by atoms with E-state index in [-0.39, 0.29) is 23.5 Å². The fourth-order valence-electron chi connectivity index (χ4n) is 3.35. The summed E-state index contributed by atoms with van der Waals surface area (Å²) in [7, 11) is -0.543. The van der Waals surface area contributed by atoms with Gasteiger partial charge in [-0.1, -0.05) is 6.07 Å². The highest BCUT2D eigenvalue weighted by Crippen LogP contribution is 2.27. The van der Waals surface area contributed by atoms with Crippen LogP contribution in [0.3, 0.4) is 0 Å². The Balaban J connectivity index is 1.45. The molecule has 0 saturated carbocycles. The van der Waals surface area contributed by atoms with Crippen molar-refractivity contribution in [1.29, 1.82) is 0 Å². The van der Waals surface area contributed by atoms with Gasteiger partial charge in [0.05, 0.1) is 37.9 Å². The summed E-state index contributed by atoms with van der Waals surface area (Å²) in [5.74, 6) is 0.0589. The first-order valence-corrected chi connectivity index (χ1v) is 12.1. The maximum absolute atomic E-state index is 12.6. The van der Waals surface area contributed by atoms with E-state index in [0.29, 0.717) is 37.7 Å². The van der Waals surface area contributed by atoms with Gasteiger partial charge < -0.3 is 24.3 Å². The predicted molar refractivity (Wildman–Crippen MR) is 123 cm³/mol. The van der Waals surface area contributed by atoms with Crippen molar-refractivity contribution in [3.8, 4) is 11.5 Å². The zero-order valence-electron chi connectivity index (χ0n) is 19.1. The summed E-state index contributed by atoms with van der Waals surface area (Å²) < 4.78 is 47.3. The molecule has 1 heterocycles. The Morgan fingerprint density at radius 1 is 1.00 bits per heavy atom. The molecule has 0 unspecified atom stereocenters. The molecule has 0 aromatic heterocycles. The molecule has 3 rings (SSSR count). The molecule has 0 atom stereocenters. The SMILES string of the molecule is COc1ccc(CCNC(=O)COC(=O)c2ccc(S(=O)(=O)N3CCOCC3)cc2)cc1OC. The van der Waals surface area contributed by atoms with E-state index in [2.05, 4.69) is 5.32 Å². The summed E-state index contributed by atoms with van der Waals surface area (Å²) in [5.41, 5.74) is 1.10. The second kappa shape index (κ2) is 11.8. The van der Waals surface area contributed by atoms with Crippen LogP contribution in [0.15, 0.2) is 47.4 Å². The van der Waals surface area contributed by atoms with E-state index in [9.17, 15) is 18.0 Å². The highest BCUT2D eigenvalue weighted by Gasteiger charge is 2.26. The van der Waals surface area contributed by atoms with Crippen LogP contribution in [0.25, 0.3) is 0 Å². The quantitative estimate of drug-likeness (QED) is 0.492. The monoisotopic (exact) mass is 492 g/mol. The van der Waals surface area contributed by atoms with E-state index in [1.54, 1.807) is 20.3 Å². The van der Waals surface area contributed by atoms with Crippen LogP contribution in [0.2, 0.25) is 0 Å². The number of hydrogen-bond acceptors (Lipinski definition) is 8. The van der Waals surface area contributed by atoms with Gasteiger partial charge in [-0.2, -0.15) is 4.31 Å². The van der Waals surface area contributed by atoms with Crippen LogP contribution < -0.4 is 14.8 Å². The fourth-order valence-corrected chi connectivity index (χ4v) is 4.75. The lowest BCUT2D eigenvalue weighted by molar-refractivity contribution is -0.124. The van der Waals surface area contributed by atoms with Crippen LogP contribution in [0.5, 0.6) is 11.5 Å². The number of carbonyl (C=O) groups excluding carboxylic acids is 2. The number of benzene rings is 2. The number of esters is 1. The number of morpholine rings is 1. The highest BCUT2D eigenvalue weighted by molar-refractivity contribution is 7.89. The van der Waals surface area contributed by atoms with Gasteiger partial charge >= 0.3 is 5.97 Å². The van der Waals surface area contributed by atoms with Crippen LogP contribution in [0.1, 0.15) is 15.9 Å². The van der Waals surface area contributed by atoms with Crippen LogP contribution in [-0.2, 0) is 30.7 Å². The van der Waals surface area contributed by atoms with Gasteiger partial charge in [0.2, 0.25) is 10.0 Å². The maximum atomic E-state index is 12.6. The Labute approximate surface area is 198 Å². The average molecular weight is 493 g/mol. The Hall–Kier alpha value is -3.15. The van der Waals surface area contributed by atoms with Crippen molar-refractivity contribution in [3.05, 3.63) is 53.6 Å². The molecule has 1 amide bonds. The molecule has 1 N–H and O–H groups in total. The zero-order valence-corrected chi connectivity index (χ0v) is 19.9. The van der Waals surface area contributed by atoms with E-state index in [1.807, 2.05) is 12.1 Å². The minimum Gasteiger partial charge on any atom is -0.493 e. The van der Waals surface area contributed by atoms with Gasteiger partial charge in [-0.25, -0.2) is 13.2 Å². The highest BCUT2D eigenvalue weighted by atomic mass is 32.2. The number of nitrogens with zero attached hydrogens (tertiary/aromatic N) is 1. The molecule has 2 aromatic carbocycles. The molecule has 2 aromatic rings. The van der Waals surface area contributed by atoms with Crippen LogP contribution in [-0.4, -0.2) is 78.3 Å². The number of hydrogen-bond donors (Lipinski definition) is 1. The number of rotatable bonds is 10. The molecule has 184 valence electrons. The maximum Gasteiger partial charge on any atom is 0.338 e. The number of ether oxygens (including phenoxy) is 4. The van der Waals surface area contributed by atoms with Gasteiger partial charge in [0.1, 0.15) is 0 Å². The van der Waals surface area contributed by atoms with Gasteiger partial charge in [0.25, 0.3) is 5.91 Å². The second-order valence-electron chi connectivity index (χ2n) is 7.41. The van der Waals surface area contributed by atoms with Gasteiger partial charge in [0.15, 0.2) is 18.1 Å². The summed E-state index contributed by atoms with van der Waals surface area (Å²) in [4.78, 5) is 24.3. The molecule has 0 spiro atoms. The largest absolute Gasteiger partial charge is 0.493 e. The minimum atomic E-state index is -3.65. The van der Waals surface area contributed by atoms with Crippen molar-refractivity contribution in [3.63, 3.8) is 0 Å². The van der Waals surface area contributed by atoms with E-state index in [1.165, 1.54) is 28.6 Å². The minimum absolute atomic E-state index is 0.0823. The third-order valence-corrected chi connectivity index (χ3v) is 7.13. The third-order valence-electron chi connectivity index (χ3n) is 5.22. The lowest BCUT2D eigenvalue weighted by Gasteiger charge is -2.26. The van der Waals surface area contributed by atoms with E-state index < -0.39 is 28.5 Å². The average Bonchev–Trinajstić information content (AvgIpc) is 2.87. The zero-order chi connectivity index (χ0) is 24.6. The molecule has 1 aliphatic heterocycles. The topological polar surface area (TPSA) is 120 Å². The number of sulfonamides is 1. The Kier molecular flexibility index (Phi) is 8.85. The van der Waals surface area contributed by atoms with Crippen molar-refractivity contribution in [1.82, 2.24) is 9.62 Å². The Morgan fingerprint density at radius 2 is 1.68 bits per heavy atom. The predicted octanol–water partition coefficient (Wildman–Crippen LogP) is 1.24. The summed E-state index contributed by atoms with van der Waals surface area (Å²) in [6, 6.07) is 10.9. The standard InChI is InChI=1S/C23H28N2O8S/c1-30-20-8-3-17(15-21(20)31-2)9-10-24-22(26)16-33-23(27)18-4-6-19(7-5-18)34(28,29)25-11-13-32-14-12-25/h3-8,15H,9-14,16H2,1-2H3,(H,24,26). The summed E-state index contributed by atoms with van der Waals surface area (Å²) >= 11 is 0. The molecule has 1 fully saturated rings. The molecule has 1 aliphatic rings. The summed E-state index contributed by atoms with van der Waals surface area (Å²) in [6.07, 6.45) is 0.555. The number of nitrogens with one attached hydrogen (secondary N) is 1. The first kappa shape index (κ1) is 25.5. The van der Waals surface area contributed by atoms with Gasteiger partial charge in [0, 0.05) is 19.6 Å². The third kappa shape index (κ3) is 6.46. The van der Waals surface area contributed by atoms with Gasteiger partial charge in [-0.3, -0.25) is 4.79 Å². The van der Waals surface area contributed by atoms with Crippen molar-refractivity contribution in [2.75, 3.05) is 53.7 Å². The van der Waals surface area contributed by atoms with E-state index in [4.69, 9.17) is 18.9 Å². The van der Waals surface area contributed by atoms with Crippen molar-refractivity contribution < 1.29 is 37.0 Å². The van der Waals surface area contributed by atoms with Crippen LogP contribution in [0.4, 0.5) is 0 Å². The molecule has 34 heavy (non-hydrogen) atoms. The first-order chi connectivity index (χ1) is 16.3. The van der Waals surface area contributed by atoms with E-state index >= 15 is 0 Å². The van der Waals surface area contributed by atoms with Crippen molar-refractivity contribution in [2.45, 2.75) is 11.3 Å². The first-order valence-electron chi connectivity index (χ1n) is 10.7. The van der Waals surface area contributed by atoms with Crippen molar-refractivity contribution in [2.24, 2.45) is 0 Å². The second-order valence-corrected chi connectivity index (χ2v) is 9.34. The smallest absolute Gasteiger partial charge is 0.338 e. The molecule has 0 bridgehead atoms. The summed E-state index contributed by atoms with van der Waals surface area (Å²) in [6.45, 7) is 1.17.